The topological polar surface area (TPSA) is 131 Å². The Labute approximate surface area is 789 Å². The summed E-state index contributed by atoms with van der Waals surface area (Å²) in [5, 5.41) is 9.96. The lowest BCUT2D eigenvalue weighted by Crippen LogP contribution is -2.15. The van der Waals surface area contributed by atoms with Crippen molar-refractivity contribution in [3.05, 3.63) is 459 Å². The van der Waals surface area contributed by atoms with E-state index in [0.29, 0.717) is 40.9 Å². The van der Waals surface area contributed by atoms with Crippen molar-refractivity contribution >= 4 is 96.9 Å². The van der Waals surface area contributed by atoms with Gasteiger partial charge in [-0.05, 0) is 159 Å². The number of para-hydroxylation sites is 3. The van der Waals surface area contributed by atoms with Crippen LogP contribution in [0.4, 0.5) is 0 Å². The number of rotatable bonds is 12. The maximum absolute atomic E-state index is 5.17. The van der Waals surface area contributed by atoms with Crippen LogP contribution in [0.1, 0.15) is 49.9 Å². The summed E-state index contributed by atoms with van der Waals surface area (Å²) in [5.41, 5.74) is 30.6. The second kappa shape index (κ2) is 32.9. The molecule has 0 amide bonds. The summed E-state index contributed by atoms with van der Waals surface area (Å²) >= 11 is 1.87. The van der Waals surface area contributed by atoms with Crippen molar-refractivity contribution in [1.82, 2.24) is 58.6 Å². The third kappa shape index (κ3) is 13.8. The van der Waals surface area contributed by atoms with Crippen LogP contribution in [0.15, 0.2) is 437 Å². The lowest BCUT2D eigenvalue weighted by atomic mass is 9.82. The molecule has 0 atom stereocenters. The van der Waals surface area contributed by atoms with Crippen LogP contribution in [-0.2, 0) is 10.8 Å². The van der Waals surface area contributed by atoms with E-state index in [2.05, 4.69) is 339 Å². The van der Waals surface area contributed by atoms with E-state index in [1.165, 1.54) is 119 Å². The molecular weight excluding hydrogens is 1680 g/mol. The minimum Gasteiger partial charge on any atom is -0.309 e. The van der Waals surface area contributed by atoms with Crippen LogP contribution in [0, 0.1) is 0 Å². The van der Waals surface area contributed by atoms with Gasteiger partial charge in [-0.3, -0.25) is 9.13 Å². The van der Waals surface area contributed by atoms with Gasteiger partial charge < -0.3 is 4.57 Å². The smallest absolute Gasteiger partial charge is 0.235 e. The van der Waals surface area contributed by atoms with E-state index in [-0.39, 0.29) is 10.8 Å². The van der Waals surface area contributed by atoms with Crippen LogP contribution in [0.25, 0.3) is 227 Å². The van der Waals surface area contributed by atoms with Crippen LogP contribution < -0.4 is 0 Å². The second-order valence-electron chi connectivity index (χ2n) is 35.9. The Bertz CT molecular complexity index is 8480. The zero-order valence-electron chi connectivity index (χ0n) is 74.8. The molecule has 8 aromatic heterocycles. The average Bonchev–Trinajstić information content (AvgIpc) is 1.55. The quantitative estimate of drug-likeness (QED) is 0.117. The molecule has 0 unspecified atom stereocenters. The first-order valence-corrected chi connectivity index (χ1v) is 46.9. The van der Waals surface area contributed by atoms with E-state index in [0.717, 1.165) is 89.5 Å². The van der Waals surface area contributed by atoms with Gasteiger partial charge in [-0.1, -0.05) is 355 Å². The molecule has 0 N–H and O–H groups in total. The van der Waals surface area contributed by atoms with Crippen molar-refractivity contribution in [2.45, 2.75) is 38.5 Å². The maximum atomic E-state index is 5.17. The van der Waals surface area contributed by atoms with E-state index in [1.54, 1.807) is 0 Å². The lowest BCUT2D eigenvalue weighted by Gasteiger charge is -2.21. The molecule has 0 radical (unpaired) electrons. The molecule has 642 valence electrons. The molecule has 0 saturated carbocycles. The number of thiophene rings is 1. The molecule has 17 aromatic carbocycles. The molecule has 0 fully saturated rings. The first-order chi connectivity index (χ1) is 66.9. The zero-order chi connectivity index (χ0) is 90.7. The van der Waals surface area contributed by atoms with Crippen molar-refractivity contribution in [3.63, 3.8) is 0 Å². The minimum atomic E-state index is -0.0930. The fourth-order valence-corrected chi connectivity index (χ4v) is 21.8. The molecule has 0 spiro atoms. The highest BCUT2D eigenvalue weighted by molar-refractivity contribution is 7.26. The SMILES string of the molecule is CC1(C)c2ccccc2-c2cc3c4ccccc4n(-c4ccc(-c5nc(-c6ccccc6)nc(-c6ccccc6)n5)cc4)c3cc21.CC1(C)c2ccccc2-c2cc3c4ccccc4n(-c4ccc(-c5nc(-c6ccccc6)nc(-c6ccccc6)n5)cn4)c3cc21.c1ccc(-c2cc(-c3ccccc3)nc(-n3c4ccccc4c4cc(-c5cccc6c5sc5ccccc56)ccc43)n2)cc1. The lowest BCUT2D eigenvalue weighted by molar-refractivity contribution is 0.661. The van der Waals surface area contributed by atoms with Crippen LogP contribution in [0.5, 0.6) is 0 Å². The van der Waals surface area contributed by atoms with Crippen LogP contribution in [-0.4, -0.2) is 58.6 Å². The summed E-state index contributed by atoms with van der Waals surface area (Å²) < 4.78 is 9.53. The summed E-state index contributed by atoms with van der Waals surface area (Å²) in [6.45, 7) is 9.33. The summed E-state index contributed by atoms with van der Waals surface area (Å²) in [4.78, 5) is 44.7. The van der Waals surface area contributed by atoms with Gasteiger partial charge in [0.15, 0.2) is 34.9 Å². The first-order valence-electron chi connectivity index (χ1n) is 46.0. The normalized spacial score (nSPS) is 12.7. The van der Waals surface area contributed by atoms with Gasteiger partial charge in [0.1, 0.15) is 5.82 Å². The predicted molar refractivity (Wildman–Crippen MR) is 559 cm³/mol. The van der Waals surface area contributed by atoms with Gasteiger partial charge in [-0.2, -0.15) is 0 Å². The third-order valence-corrected chi connectivity index (χ3v) is 28.4. The number of benzene rings is 17. The van der Waals surface area contributed by atoms with Gasteiger partial charge in [0, 0.05) is 120 Å². The molecule has 2 aliphatic carbocycles. The third-order valence-electron chi connectivity index (χ3n) is 27.2. The largest absolute Gasteiger partial charge is 0.309 e. The molecule has 27 rings (SSSR count). The van der Waals surface area contributed by atoms with Crippen molar-refractivity contribution in [2.75, 3.05) is 0 Å². The van der Waals surface area contributed by atoms with E-state index < -0.39 is 0 Å². The van der Waals surface area contributed by atoms with Gasteiger partial charge in [-0.25, -0.2) is 44.9 Å². The molecule has 0 bridgehead atoms. The standard InChI is InChI=1S/C42H30N4.C41H29N5.C40H25N3S/c1-42(2)35-19-11-9-17-31(35)33-25-34-32-18-10-12-20-37(32)46(38(34)26-36(33)42)30-23-21-29(22-24-30)41-44-39(27-13-5-3-6-14-27)43-40(45-41)28-15-7-4-8-16-28;1-41(2)33-19-11-9-17-29(33)31-23-32-30-18-10-12-20-35(30)46(36(32)24-34(31)41)37-22-21-28(25-42-37)40-44-38(26-13-5-3-6-14-26)43-39(45-40)27-15-7-4-8-16-27;1-3-12-26(13-4-1)34-25-35(27-14-5-2-6-15-27)42-40(41-34)43-36-20-9-7-16-30(36)33-24-28(22-23-37(33)43)29-18-11-19-32-31-17-8-10-21-38(31)44-39(29)32/h3-26H,1-2H3;3-25H,1-2H3;1-25H. The molecule has 0 aliphatic heterocycles. The number of aromatic nitrogens is 12. The Balaban J connectivity index is 0.000000109. The van der Waals surface area contributed by atoms with E-state index >= 15 is 0 Å². The highest BCUT2D eigenvalue weighted by Crippen LogP contribution is 2.54. The number of hydrogen-bond donors (Lipinski definition) is 0. The molecule has 13 heteroatoms. The predicted octanol–water partition coefficient (Wildman–Crippen LogP) is 30.9. The second-order valence-corrected chi connectivity index (χ2v) is 37.0. The van der Waals surface area contributed by atoms with Gasteiger partial charge in [0.2, 0.25) is 5.95 Å². The highest BCUT2D eigenvalue weighted by atomic mass is 32.1. The molecule has 25 aromatic rings. The maximum Gasteiger partial charge on any atom is 0.235 e. The average molecular weight is 1760 g/mol. The van der Waals surface area contributed by atoms with E-state index in [9.17, 15) is 0 Å². The fourth-order valence-electron chi connectivity index (χ4n) is 20.5. The number of fused-ring (bicyclic) bond motifs is 18. The van der Waals surface area contributed by atoms with Crippen LogP contribution >= 0.6 is 11.3 Å². The van der Waals surface area contributed by atoms with Gasteiger partial charge in [0.05, 0.1) is 44.5 Å². The van der Waals surface area contributed by atoms with Crippen molar-refractivity contribution in [3.8, 4) is 142 Å². The summed E-state index contributed by atoms with van der Waals surface area (Å²) in [6.07, 6.45) is 1.88. The summed E-state index contributed by atoms with van der Waals surface area (Å²) in [5.74, 6) is 5.34. The Morgan fingerprint density at radius 2 is 0.566 bits per heavy atom. The molecule has 2 aliphatic rings. The summed E-state index contributed by atoms with van der Waals surface area (Å²) in [6, 6.07) is 151. The Morgan fingerprint density at radius 1 is 0.213 bits per heavy atom. The minimum absolute atomic E-state index is 0.0726. The number of nitrogens with zero attached hydrogens (tertiary/aromatic N) is 12. The molecule has 0 saturated heterocycles. The molecule has 12 nitrogen and oxygen atoms in total. The van der Waals surface area contributed by atoms with Crippen LogP contribution in [0.2, 0.25) is 0 Å². The number of pyridine rings is 1. The molecule has 136 heavy (non-hydrogen) atoms. The van der Waals surface area contributed by atoms with E-state index in [4.69, 9.17) is 44.9 Å². The zero-order valence-corrected chi connectivity index (χ0v) is 75.7. The van der Waals surface area contributed by atoms with Crippen molar-refractivity contribution in [2.24, 2.45) is 0 Å². The fraction of sp³-hybridized carbons (Fsp3) is 0.0488. The van der Waals surface area contributed by atoms with Gasteiger partial charge in [0.25, 0.3) is 0 Å². The Morgan fingerprint density at radius 3 is 1.04 bits per heavy atom. The van der Waals surface area contributed by atoms with Crippen molar-refractivity contribution in [1.29, 1.82) is 0 Å². The molecular formula is C123H84N12S. The molecule has 8 heterocycles. The van der Waals surface area contributed by atoms with E-state index in [1.807, 2.05) is 151 Å². The summed E-state index contributed by atoms with van der Waals surface area (Å²) in [7, 11) is 0. The Hall–Kier alpha value is -17.4. The Kier molecular flexibility index (Phi) is 19.5. The van der Waals surface area contributed by atoms with Gasteiger partial charge in [-0.15, -0.1) is 11.3 Å². The number of hydrogen-bond acceptors (Lipinski definition) is 10. The highest BCUT2D eigenvalue weighted by Gasteiger charge is 2.38. The van der Waals surface area contributed by atoms with Crippen LogP contribution in [0.3, 0.4) is 0 Å². The first kappa shape index (κ1) is 80.7. The monoisotopic (exact) mass is 1760 g/mol. The van der Waals surface area contributed by atoms with Crippen molar-refractivity contribution < 1.29 is 0 Å². The van der Waals surface area contributed by atoms with Gasteiger partial charge >= 0.3 is 0 Å².